The molecule has 4 rings (SSSR count). The predicted molar refractivity (Wildman–Crippen MR) is 107 cm³/mol. The van der Waals surface area contributed by atoms with Crippen LogP contribution < -0.4 is 5.32 Å². The molecule has 27 heavy (non-hydrogen) atoms. The van der Waals surface area contributed by atoms with Crippen LogP contribution in [-0.4, -0.2) is 22.2 Å². The molecule has 0 saturated heterocycles. The zero-order valence-electron chi connectivity index (χ0n) is 15.5. The summed E-state index contributed by atoms with van der Waals surface area (Å²) in [5, 5.41) is 7.27. The summed E-state index contributed by atoms with van der Waals surface area (Å²) >= 11 is 0. The summed E-state index contributed by atoms with van der Waals surface area (Å²) in [6.45, 7) is 0.658. The van der Waals surface area contributed by atoms with Crippen LogP contribution in [0, 0.1) is 0 Å². The highest BCUT2D eigenvalue weighted by atomic mass is 16.1. The molecule has 0 fully saturated rings. The van der Waals surface area contributed by atoms with Gasteiger partial charge in [-0.25, -0.2) is 4.68 Å². The number of carbonyl (C=O) groups excluding carboxylic acids is 1. The molecule has 4 heteroatoms. The Bertz CT molecular complexity index is 898. The van der Waals surface area contributed by atoms with Crippen molar-refractivity contribution in [1.29, 1.82) is 0 Å². The fourth-order valence-electron chi connectivity index (χ4n) is 3.73. The van der Waals surface area contributed by atoms with Crippen LogP contribution in [0.15, 0.2) is 60.9 Å². The number of aryl methyl sites for hydroxylation is 2. The predicted octanol–water partition coefficient (Wildman–Crippen LogP) is 3.65. The van der Waals surface area contributed by atoms with Crippen molar-refractivity contribution in [1.82, 2.24) is 15.1 Å². The third-order valence-corrected chi connectivity index (χ3v) is 5.22. The van der Waals surface area contributed by atoms with Gasteiger partial charge in [-0.3, -0.25) is 4.79 Å². The normalized spacial score (nSPS) is 13.2. The van der Waals surface area contributed by atoms with Crippen molar-refractivity contribution in [3.05, 3.63) is 83.2 Å². The lowest BCUT2D eigenvalue weighted by Crippen LogP contribution is -2.27. The number of carbonyl (C=O) groups is 1. The molecule has 0 aliphatic heterocycles. The first kappa shape index (κ1) is 17.5. The minimum Gasteiger partial charge on any atom is -0.355 e. The Morgan fingerprint density at radius 2 is 1.78 bits per heavy atom. The minimum atomic E-state index is 0.0962. The monoisotopic (exact) mass is 359 g/mol. The highest BCUT2D eigenvalue weighted by Crippen LogP contribution is 2.22. The Hall–Kier alpha value is -2.88. The highest BCUT2D eigenvalue weighted by molar-refractivity contribution is 5.78. The Balaban J connectivity index is 1.26. The maximum absolute atomic E-state index is 12.3. The molecule has 0 radical (unpaired) electrons. The van der Waals surface area contributed by atoms with E-state index in [0.717, 1.165) is 24.1 Å². The van der Waals surface area contributed by atoms with Gasteiger partial charge in [-0.1, -0.05) is 30.3 Å². The van der Waals surface area contributed by atoms with Gasteiger partial charge in [0, 0.05) is 18.9 Å². The minimum absolute atomic E-state index is 0.0962. The molecule has 3 aromatic rings. The number of amides is 1. The quantitative estimate of drug-likeness (QED) is 0.730. The summed E-state index contributed by atoms with van der Waals surface area (Å²) in [5.41, 5.74) is 6.27. The highest BCUT2D eigenvalue weighted by Gasteiger charge is 2.11. The Labute approximate surface area is 160 Å². The van der Waals surface area contributed by atoms with E-state index in [2.05, 4.69) is 52.9 Å². The summed E-state index contributed by atoms with van der Waals surface area (Å²) in [5.74, 6) is 0.0962. The van der Waals surface area contributed by atoms with Gasteiger partial charge in [0.2, 0.25) is 5.91 Å². The van der Waals surface area contributed by atoms with Crippen molar-refractivity contribution in [2.45, 2.75) is 38.5 Å². The number of nitrogens with zero attached hydrogens (tertiary/aromatic N) is 2. The van der Waals surface area contributed by atoms with Gasteiger partial charge >= 0.3 is 0 Å². The van der Waals surface area contributed by atoms with Crippen LogP contribution in [0.5, 0.6) is 0 Å². The lowest BCUT2D eigenvalue weighted by molar-refractivity contribution is -0.120. The molecule has 1 aliphatic rings. The molecular formula is C23H25N3O. The van der Waals surface area contributed by atoms with Crippen molar-refractivity contribution in [3.8, 4) is 5.69 Å². The number of benzene rings is 2. The number of rotatable bonds is 6. The molecule has 1 heterocycles. The van der Waals surface area contributed by atoms with Crippen LogP contribution in [0.25, 0.3) is 5.69 Å². The summed E-state index contributed by atoms with van der Waals surface area (Å²) < 4.78 is 1.84. The van der Waals surface area contributed by atoms with E-state index in [1.807, 2.05) is 16.9 Å². The molecule has 0 bridgehead atoms. The third kappa shape index (κ3) is 4.45. The van der Waals surface area contributed by atoms with Crippen molar-refractivity contribution in [3.63, 3.8) is 0 Å². The molecule has 138 valence electrons. The first-order chi connectivity index (χ1) is 13.3. The average Bonchev–Trinajstić information content (AvgIpc) is 3.23. The van der Waals surface area contributed by atoms with Gasteiger partial charge in [0.1, 0.15) is 0 Å². The van der Waals surface area contributed by atoms with Crippen molar-refractivity contribution >= 4 is 5.91 Å². The van der Waals surface area contributed by atoms with E-state index >= 15 is 0 Å². The standard InChI is InChI=1S/C23H25N3O/c27-23(17-19-6-9-20-4-1-2-5-21(20)16-19)24-14-12-18-7-10-22(11-8-18)26-15-3-13-25-26/h3,6-11,13,15-16H,1-2,4-5,12,14,17H2,(H,24,27). The smallest absolute Gasteiger partial charge is 0.224 e. The van der Waals surface area contributed by atoms with Crippen LogP contribution in [0.2, 0.25) is 0 Å². The maximum atomic E-state index is 12.3. The topological polar surface area (TPSA) is 46.9 Å². The molecule has 0 spiro atoms. The first-order valence-corrected chi connectivity index (χ1v) is 9.74. The summed E-state index contributed by atoms with van der Waals surface area (Å²) in [7, 11) is 0. The number of hydrogen-bond donors (Lipinski definition) is 1. The molecule has 1 aromatic heterocycles. The molecular weight excluding hydrogens is 334 g/mol. The fraction of sp³-hybridized carbons (Fsp3) is 0.304. The van der Waals surface area contributed by atoms with Crippen molar-refractivity contribution < 1.29 is 4.79 Å². The van der Waals surface area contributed by atoms with Crippen molar-refractivity contribution in [2.75, 3.05) is 6.54 Å². The first-order valence-electron chi connectivity index (χ1n) is 9.74. The summed E-state index contributed by atoms with van der Waals surface area (Å²) in [6, 6.07) is 16.7. The van der Waals surface area contributed by atoms with Crippen LogP contribution in [0.1, 0.15) is 35.1 Å². The Morgan fingerprint density at radius 3 is 2.56 bits per heavy atom. The van der Waals surface area contributed by atoms with E-state index in [1.165, 1.54) is 36.0 Å². The van der Waals surface area contributed by atoms with Crippen LogP contribution in [0.4, 0.5) is 0 Å². The van der Waals surface area contributed by atoms with E-state index in [-0.39, 0.29) is 5.91 Å². The van der Waals surface area contributed by atoms with Gasteiger partial charge in [-0.15, -0.1) is 0 Å². The van der Waals surface area contributed by atoms with Crippen molar-refractivity contribution in [2.24, 2.45) is 0 Å². The van der Waals surface area contributed by atoms with E-state index in [0.29, 0.717) is 13.0 Å². The lowest BCUT2D eigenvalue weighted by Gasteiger charge is -2.16. The molecule has 2 aromatic carbocycles. The molecule has 0 atom stereocenters. The largest absolute Gasteiger partial charge is 0.355 e. The number of aromatic nitrogens is 2. The number of fused-ring (bicyclic) bond motifs is 1. The second-order valence-electron chi connectivity index (χ2n) is 7.20. The van der Waals surface area contributed by atoms with Gasteiger partial charge in [-0.2, -0.15) is 5.10 Å². The zero-order valence-corrected chi connectivity index (χ0v) is 15.5. The van der Waals surface area contributed by atoms with Gasteiger partial charge < -0.3 is 5.32 Å². The lowest BCUT2D eigenvalue weighted by atomic mass is 9.90. The van der Waals surface area contributed by atoms with Crippen LogP contribution in [0.3, 0.4) is 0 Å². The number of hydrogen-bond acceptors (Lipinski definition) is 2. The summed E-state index contributed by atoms with van der Waals surface area (Å²) in [6.07, 6.45) is 9.88. The number of nitrogens with one attached hydrogen (secondary N) is 1. The van der Waals surface area contributed by atoms with Crippen LogP contribution >= 0.6 is 0 Å². The molecule has 0 unspecified atom stereocenters. The summed E-state index contributed by atoms with van der Waals surface area (Å²) in [4.78, 5) is 12.3. The van der Waals surface area contributed by atoms with E-state index < -0.39 is 0 Å². The maximum Gasteiger partial charge on any atom is 0.224 e. The molecule has 4 nitrogen and oxygen atoms in total. The van der Waals surface area contributed by atoms with E-state index in [9.17, 15) is 4.79 Å². The van der Waals surface area contributed by atoms with Gasteiger partial charge in [0.05, 0.1) is 12.1 Å². The molecule has 1 amide bonds. The molecule has 1 N–H and O–H groups in total. The van der Waals surface area contributed by atoms with Crippen LogP contribution in [-0.2, 0) is 30.5 Å². The zero-order chi connectivity index (χ0) is 18.5. The third-order valence-electron chi connectivity index (χ3n) is 5.22. The SMILES string of the molecule is O=C(Cc1ccc2c(c1)CCCC2)NCCc1ccc(-n2cccn2)cc1. The Kier molecular flexibility index (Phi) is 5.33. The fourth-order valence-corrected chi connectivity index (χ4v) is 3.73. The van der Waals surface area contributed by atoms with E-state index in [1.54, 1.807) is 6.20 Å². The van der Waals surface area contributed by atoms with Gasteiger partial charge in [0.25, 0.3) is 0 Å². The second-order valence-corrected chi connectivity index (χ2v) is 7.20. The molecule has 0 saturated carbocycles. The second kappa shape index (κ2) is 8.21. The van der Waals surface area contributed by atoms with Gasteiger partial charge in [0.15, 0.2) is 0 Å². The molecule has 1 aliphatic carbocycles. The Morgan fingerprint density at radius 1 is 1.00 bits per heavy atom. The van der Waals surface area contributed by atoms with E-state index in [4.69, 9.17) is 0 Å². The average molecular weight is 359 g/mol. The van der Waals surface area contributed by atoms with Gasteiger partial charge in [-0.05, 0) is 72.6 Å².